The molecule has 2 heterocycles. The molecule has 4 nitrogen and oxygen atoms in total. The number of thiophene rings is 1. The van der Waals surface area contributed by atoms with Gasteiger partial charge in [0, 0.05) is 4.88 Å². The van der Waals surface area contributed by atoms with Crippen molar-refractivity contribution in [2.45, 2.75) is 32.7 Å². The third-order valence-corrected chi connectivity index (χ3v) is 4.68. The molecule has 3 rings (SSSR count). The van der Waals surface area contributed by atoms with E-state index in [0.717, 1.165) is 35.0 Å². The lowest BCUT2D eigenvalue weighted by Crippen LogP contribution is -2.22. The molecule has 1 aliphatic carbocycles. The number of fused-ring (bicyclic) bond motifs is 3. The van der Waals surface area contributed by atoms with Crippen LogP contribution in [0.25, 0.3) is 10.2 Å². The predicted octanol–water partition coefficient (Wildman–Crippen LogP) is 1.69. The van der Waals surface area contributed by atoms with Crippen LogP contribution < -0.4 is 5.56 Å². The molecule has 18 heavy (non-hydrogen) atoms. The highest BCUT2D eigenvalue weighted by atomic mass is 32.1. The van der Waals surface area contributed by atoms with Crippen molar-refractivity contribution in [3.05, 3.63) is 27.1 Å². The SMILES string of the molecule is CC1CCc2c(sc3ncn(C[C]=O)c(=O)c23)C1. The molecule has 2 aromatic heterocycles. The third-order valence-electron chi connectivity index (χ3n) is 3.52. The zero-order valence-electron chi connectivity index (χ0n) is 10.1. The second-order valence-corrected chi connectivity index (χ2v) is 5.94. The topological polar surface area (TPSA) is 52.0 Å². The molecular formula is C13H13N2O2S. The minimum atomic E-state index is -0.101. The highest BCUT2D eigenvalue weighted by Gasteiger charge is 2.22. The molecule has 2 aromatic rings. The molecule has 0 aromatic carbocycles. The Morgan fingerprint density at radius 3 is 3.22 bits per heavy atom. The van der Waals surface area contributed by atoms with E-state index in [9.17, 15) is 9.59 Å². The largest absolute Gasteiger partial charge is 0.291 e. The van der Waals surface area contributed by atoms with Crippen LogP contribution in [0.2, 0.25) is 0 Å². The van der Waals surface area contributed by atoms with Crippen LogP contribution in [0, 0.1) is 5.92 Å². The van der Waals surface area contributed by atoms with E-state index in [1.165, 1.54) is 15.8 Å². The Kier molecular flexibility index (Phi) is 2.78. The summed E-state index contributed by atoms with van der Waals surface area (Å²) in [5.41, 5.74) is 1.06. The average molecular weight is 261 g/mol. The summed E-state index contributed by atoms with van der Waals surface area (Å²) in [7, 11) is 0. The van der Waals surface area contributed by atoms with Gasteiger partial charge in [0.25, 0.3) is 5.56 Å². The molecule has 1 unspecified atom stereocenters. The molecule has 0 saturated carbocycles. The second kappa shape index (κ2) is 4.31. The fraction of sp³-hybridized carbons (Fsp3) is 0.462. The lowest BCUT2D eigenvalue weighted by molar-refractivity contribution is 0.509. The van der Waals surface area contributed by atoms with E-state index < -0.39 is 0 Å². The van der Waals surface area contributed by atoms with Crippen molar-refractivity contribution in [3.8, 4) is 0 Å². The summed E-state index contributed by atoms with van der Waals surface area (Å²) in [6.07, 6.45) is 6.29. The van der Waals surface area contributed by atoms with Gasteiger partial charge in [-0.1, -0.05) is 6.92 Å². The molecule has 0 aliphatic heterocycles. The summed E-state index contributed by atoms with van der Waals surface area (Å²) in [6, 6.07) is 0. The lowest BCUT2D eigenvalue weighted by Gasteiger charge is -2.17. The summed E-state index contributed by atoms with van der Waals surface area (Å²) in [4.78, 5) is 29.1. The first-order valence-electron chi connectivity index (χ1n) is 6.05. The summed E-state index contributed by atoms with van der Waals surface area (Å²) in [5, 5.41) is 0.722. The van der Waals surface area contributed by atoms with Crippen molar-refractivity contribution < 1.29 is 4.79 Å². The van der Waals surface area contributed by atoms with Crippen molar-refractivity contribution in [1.29, 1.82) is 0 Å². The van der Waals surface area contributed by atoms with Gasteiger partial charge in [-0.2, -0.15) is 0 Å². The van der Waals surface area contributed by atoms with Gasteiger partial charge >= 0.3 is 0 Å². The van der Waals surface area contributed by atoms with Crippen molar-refractivity contribution in [2.75, 3.05) is 0 Å². The van der Waals surface area contributed by atoms with Crippen molar-refractivity contribution in [1.82, 2.24) is 9.55 Å². The van der Waals surface area contributed by atoms with Crippen molar-refractivity contribution in [3.63, 3.8) is 0 Å². The minimum absolute atomic E-state index is 0.0389. The Labute approximate surface area is 108 Å². The van der Waals surface area contributed by atoms with Crippen LogP contribution in [0.3, 0.4) is 0 Å². The van der Waals surface area contributed by atoms with E-state index in [1.807, 2.05) is 0 Å². The molecule has 0 fully saturated rings. The van der Waals surface area contributed by atoms with Gasteiger partial charge < -0.3 is 0 Å². The van der Waals surface area contributed by atoms with E-state index in [2.05, 4.69) is 11.9 Å². The Morgan fingerprint density at radius 1 is 1.61 bits per heavy atom. The molecule has 0 spiro atoms. The highest BCUT2D eigenvalue weighted by molar-refractivity contribution is 7.18. The third kappa shape index (κ3) is 1.70. The number of rotatable bonds is 2. The van der Waals surface area contributed by atoms with Crippen molar-refractivity contribution in [2.24, 2.45) is 5.92 Å². The lowest BCUT2D eigenvalue weighted by atomic mass is 9.89. The minimum Gasteiger partial charge on any atom is -0.291 e. The van der Waals surface area contributed by atoms with Gasteiger partial charge in [0.2, 0.25) is 6.29 Å². The predicted molar refractivity (Wildman–Crippen MR) is 70.8 cm³/mol. The van der Waals surface area contributed by atoms with E-state index in [-0.39, 0.29) is 12.1 Å². The molecule has 93 valence electrons. The van der Waals surface area contributed by atoms with Gasteiger partial charge in [0.1, 0.15) is 4.83 Å². The number of hydrogen-bond donors (Lipinski definition) is 0. The zero-order chi connectivity index (χ0) is 12.7. The number of nitrogens with zero attached hydrogens (tertiary/aromatic N) is 2. The van der Waals surface area contributed by atoms with Gasteiger partial charge in [-0.25, -0.2) is 4.98 Å². The molecule has 1 radical (unpaired) electrons. The standard InChI is InChI=1S/C13H13N2O2S/c1-8-2-3-9-10(6-8)18-12-11(9)13(17)15(4-5-16)7-14-12/h7-8H,2-4,6H2,1H3. The number of carbonyl (C=O) groups excluding carboxylic acids is 1. The molecule has 0 saturated heterocycles. The summed E-state index contributed by atoms with van der Waals surface area (Å²) < 4.78 is 1.33. The van der Waals surface area contributed by atoms with Crippen LogP contribution in [0.4, 0.5) is 0 Å². The molecule has 5 heteroatoms. The molecular weight excluding hydrogens is 248 g/mol. The van der Waals surface area contributed by atoms with Gasteiger partial charge in [-0.15, -0.1) is 11.3 Å². The fourth-order valence-corrected chi connectivity index (χ4v) is 3.89. The van der Waals surface area contributed by atoms with Crippen LogP contribution >= 0.6 is 11.3 Å². The monoisotopic (exact) mass is 261 g/mol. The van der Waals surface area contributed by atoms with E-state index in [4.69, 9.17) is 0 Å². The van der Waals surface area contributed by atoms with Crippen LogP contribution in [0.1, 0.15) is 23.8 Å². The number of hydrogen-bond acceptors (Lipinski definition) is 4. The van der Waals surface area contributed by atoms with E-state index in [1.54, 1.807) is 17.6 Å². The molecule has 1 aliphatic rings. The van der Waals surface area contributed by atoms with Crippen LogP contribution in [-0.4, -0.2) is 15.8 Å². The highest BCUT2D eigenvalue weighted by Crippen LogP contribution is 2.35. The summed E-state index contributed by atoms with van der Waals surface area (Å²) >= 11 is 1.62. The summed E-state index contributed by atoms with van der Waals surface area (Å²) in [5.74, 6) is 0.677. The number of aryl methyl sites for hydroxylation is 1. The van der Waals surface area contributed by atoms with Gasteiger partial charge in [0.15, 0.2) is 0 Å². The molecule has 0 amide bonds. The molecule has 0 N–H and O–H groups in total. The first-order valence-corrected chi connectivity index (χ1v) is 6.87. The first kappa shape index (κ1) is 11.6. The Bertz CT molecular complexity index is 671. The quantitative estimate of drug-likeness (QED) is 0.826. The second-order valence-electron chi connectivity index (χ2n) is 4.85. The van der Waals surface area contributed by atoms with Crippen molar-refractivity contribution >= 4 is 27.8 Å². The maximum atomic E-state index is 12.3. The summed E-state index contributed by atoms with van der Waals surface area (Å²) in [6.45, 7) is 2.20. The Hall–Kier alpha value is -1.49. The maximum absolute atomic E-state index is 12.3. The fourth-order valence-electron chi connectivity index (χ4n) is 2.55. The van der Waals surface area contributed by atoms with Gasteiger partial charge in [0.05, 0.1) is 18.3 Å². The van der Waals surface area contributed by atoms with Crippen LogP contribution in [-0.2, 0) is 24.2 Å². The van der Waals surface area contributed by atoms with E-state index in [0.29, 0.717) is 5.92 Å². The van der Waals surface area contributed by atoms with E-state index >= 15 is 0 Å². The first-order chi connectivity index (χ1) is 8.70. The molecule has 1 atom stereocenters. The number of aromatic nitrogens is 2. The normalized spacial score (nSPS) is 18.8. The zero-order valence-corrected chi connectivity index (χ0v) is 10.9. The Balaban J connectivity index is 2.25. The average Bonchev–Trinajstić information content (AvgIpc) is 2.71. The molecule has 0 bridgehead atoms. The van der Waals surface area contributed by atoms with Gasteiger partial charge in [-0.05, 0) is 30.7 Å². The van der Waals surface area contributed by atoms with Crippen LogP contribution in [0.15, 0.2) is 11.1 Å². The smallest absolute Gasteiger partial charge is 0.262 e. The Morgan fingerprint density at radius 2 is 2.44 bits per heavy atom. The maximum Gasteiger partial charge on any atom is 0.262 e. The van der Waals surface area contributed by atoms with Crippen LogP contribution in [0.5, 0.6) is 0 Å². The van der Waals surface area contributed by atoms with Gasteiger partial charge in [-0.3, -0.25) is 14.2 Å².